The van der Waals surface area contributed by atoms with E-state index in [4.69, 9.17) is 0 Å². The van der Waals surface area contributed by atoms with Gasteiger partial charge in [0.05, 0.1) is 0 Å². The first kappa shape index (κ1) is 22.4. The summed E-state index contributed by atoms with van der Waals surface area (Å²) in [6.45, 7) is 4.75. The summed E-state index contributed by atoms with van der Waals surface area (Å²) in [6.07, 6.45) is 6.56. The Hall–Kier alpha value is -0.630. The number of halogens is 1. The third-order valence-corrected chi connectivity index (χ3v) is 3.94. The average molecular weight is 451 g/mol. The summed E-state index contributed by atoms with van der Waals surface area (Å²) in [4.78, 5) is 4.60. The minimum atomic E-state index is 0. The summed E-state index contributed by atoms with van der Waals surface area (Å²) >= 11 is 1.90. The number of rotatable bonds is 10. The zero-order valence-electron chi connectivity index (χ0n) is 14.2. The van der Waals surface area contributed by atoms with Crippen LogP contribution in [0.5, 0.6) is 5.75 Å². The molecular weight excluding hydrogens is 421 g/mol. The average Bonchev–Trinajstić information content (AvgIpc) is 2.53. The number of aliphatic imine (C=N–C) groups is 1. The Balaban J connectivity index is 0.00000484. The van der Waals surface area contributed by atoms with Crippen LogP contribution in [-0.2, 0) is 6.42 Å². The molecule has 23 heavy (non-hydrogen) atoms. The second kappa shape index (κ2) is 14.9. The number of benzene rings is 1. The number of phenols is 1. The zero-order valence-corrected chi connectivity index (χ0v) is 17.3. The summed E-state index contributed by atoms with van der Waals surface area (Å²) in [5, 5.41) is 15.9. The first-order valence-electron chi connectivity index (χ1n) is 8.05. The highest BCUT2D eigenvalue weighted by molar-refractivity contribution is 14.0. The van der Waals surface area contributed by atoms with Gasteiger partial charge in [-0.15, -0.1) is 24.0 Å². The molecule has 0 amide bonds. The Kier molecular flexibility index (Phi) is 14.5. The van der Waals surface area contributed by atoms with Gasteiger partial charge >= 0.3 is 0 Å². The third-order valence-electron chi connectivity index (χ3n) is 3.24. The van der Waals surface area contributed by atoms with Crippen LogP contribution in [0.4, 0.5) is 0 Å². The van der Waals surface area contributed by atoms with E-state index in [2.05, 4.69) is 28.8 Å². The summed E-state index contributed by atoms with van der Waals surface area (Å²) in [5.74, 6) is 2.46. The Bertz CT molecular complexity index is 426. The van der Waals surface area contributed by atoms with Crippen LogP contribution in [0.15, 0.2) is 29.3 Å². The Morgan fingerprint density at radius 3 is 2.52 bits per heavy atom. The number of thioether (sulfide) groups is 1. The molecule has 6 heteroatoms. The molecule has 0 spiro atoms. The molecule has 132 valence electrons. The fourth-order valence-electron chi connectivity index (χ4n) is 2.06. The molecule has 0 heterocycles. The van der Waals surface area contributed by atoms with Gasteiger partial charge in [-0.05, 0) is 62.3 Å². The quantitative estimate of drug-likeness (QED) is 0.220. The van der Waals surface area contributed by atoms with Crippen molar-refractivity contribution in [1.29, 1.82) is 0 Å². The van der Waals surface area contributed by atoms with Crippen molar-refractivity contribution in [2.24, 2.45) is 4.99 Å². The first-order valence-corrected chi connectivity index (χ1v) is 9.44. The molecular formula is C17H30IN3OS. The number of unbranched alkanes of at least 4 members (excludes halogenated alkanes) is 1. The number of hydrogen-bond donors (Lipinski definition) is 3. The first-order chi connectivity index (χ1) is 10.8. The summed E-state index contributed by atoms with van der Waals surface area (Å²) in [6, 6.07) is 7.40. The summed E-state index contributed by atoms with van der Waals surface area (Å²) < 4.78 is 0. The molecule has 0 aliphatic heterocycles. The second-order valence-corrected chi connectivity index (χ2v) is 6.14. The molecule has 0 fully saturated rings. The van der Waals surface area contributed by atoms with Crippen LogP contribution >= 0.6 is 35.7 Å². The van der Waals surface area contributed by atoms with Gasteiger partial charge in [-0.1, -0.05) is 12.1 Å². The Labute approximate surface area is 162 Å². The lowest BCUT2D eigenvalue weighted by Gasteiger charge is -2.11. The Morgan fingerprint density at radius 2 is 1.87 bits per heavy atom. The van der Waals surface area contributed by atoms with Crippen LogP contribution < -0.4 is 10.6 Å². The van der Waals surface area contributed by atoms with Gasteiger partial charge in [0.15, 0.2) is 5.96 Å². The monoisotopic (exact) mass is 451 g/mol. The van der Waals surface area contributed by atoms with Crippen LogP contribution in [0.3, 0.4) is 0 Å². The van der Waals surface area contributed by atoms with Crippen molar-refractivity contribution < 1.29 is 5.11 Å². The van der Waals surface area contributed by atoms with Crippen LogP contribution in [0.2, 0.25) is 0 Å². The van der Waals surface area contributed by atoms with Crippen molar-refractivity contribution in [3.63, 3.8) is 0 Å². The molecule has 1 aromatic carbocycles. The molecule has 4 nitrogen and oxygen atoms in total. The summed E-state index contributed by atoms with van der Waals surface area (Å²) in [5.41, 5.74) is 1.24. The molecule has 0 aromatic heterocycles. The van der Waals surface area contributed by atoms with E-state index in [1.807, 2.05) is 23.9 Å². The zero-order chi connectivity index (χ0) is 16.0. The normalized spacial score (nSPS) is 11.0. The molecule has 3 N–H and O–H groups in total. The second-order valence-electron chi connectivity index (χ2n) is 5.16. The van der Waals surface area contributed by atoms with Gasteiger partial charge in [0.25, 0.3) is 0 Å². The molecule has 0 saturated heterocycles. The molecule has 0 aliphatic carbocycles. The highest BCUT2D eigenvalue weighted by Gasteiger charge is 1.97. The number of nitrogens with zero attached hydrogens (tertiary/aromatic N) is 1. The number of guanidine groups is 1. The maximum Gasteiger partial charge on any atom is 0.191 e. The minimum absolute atomic E-state index is 0. The van der Waals surface area contributed by atoms with E-state index in [1.54, 1.807) is 12.1 Å². The van der Waals surface area contributed by atoms with E-state index in [0.29, 0.717) is 5.75 Å². The molecule has 0 saturated carbocycles. The maximum atomic E-state index is 9.26. The number of aromatic hydroxyl groups is 1. The van der Waals surface area contributed by atoms with E-state index in [9.17, 15) is 5.11 Å². The van der Waals surface area contributed by atoms with E-state index >= 15 is 0 Å². The smallest absolute Gasteiger partial charge is 0.191 e. The number of hydrogen-bond acceptors (Lipinski definition) is 3. The van der Waals surface area contributed by atoms with Gasteiger partial charge in [0, 0.05) is 19.6 Å². The standard InChI is InChI=1S/C17H29N3OS.HI/c1-3-18-17(19-12-4-5-14-22-2)20-13-6-7-15-8-10-16(21)11-9-15;/h8-11,21H,3-7,12-14H2,1-2H3,(H2,18,19,20);1H. The lowest BCUT2D eigenvalue weighted by Crippen LogP contribution is -2.37. The number of aryl methyl sites for hydroxylation is 1. The SMILES string of the molecule is CCNC(=NCCCc1ccc(O)cc1)NCCCCSC.I. The van der Waals surface area contributed by atoms with Gasteiger partial charge < -0.3 is 15.7 Å². The van der Waals surface area contributed by atoms with Crippen molar-refractivity contribution in [3.8, 4) is 5.75 Å². The lowest BCUT2D eigenvalue weighted by atomic mass is 10.1. The van der Waals surface area contributed by atoms with Gasteiger partial charge in [-0.2, -0.15) is 11.8 Å². The number of phenolic OH excluding ortho intramolecular Hbond substituents is 1. The van der Waals surface area contributed by atoms with Gasteiger partial charge in [0.1, 0.15) is 5.75 Å². The topological polar surface area (TPSA) is 56.7 Å². The molecule has 0 unspecified atom stereocenters. The highest BCUT2D eigenvalue weighted by Crippen LogP contribution is 2.10. The largest absolute Gasteiger partial charge is 0.508 e. The number of nitrogens with one attached hydrogen (secondary N) is 2. The van der Waals surface area contributed by atoms with Crippen LogP contribution in [0.25, 0.3) is 0 Å². The molecule has 1 aromatic rings. The fourth-order valence-corrected chi connectivity index (χ4v) is 2.55. The van der Waals surface area contributed by atoms with Gasteiger partial charge in [-0.25, -0.2) is 0 Å². The van der Waals surface area contributed by atoms with E-state index in [0.717, 1.165) is 38.4 Å². The third kappa shape index (κ3) is 11.5. The van der Waals surface area contributed by atoms with Crippen molar-refractivity contribution in [2.45, 2.75) is 32.6 Å². The van der Waals surface area contributed by atoms with Crippen molar-refractivity contribution in [1.82, 2.24) is 10.6 Å². The van der Waals surface area contributed by atoms with Crippen LogP contribution in [-0.4, -0.2) is 42.7 Å². The van der Waals surface area contributed by atoms with E-state index in [-0.39, 0.29) is 24.0 Å². The Morgan fingerprint density at radius 1 is 1.13 bits per heavy atom. The fraction of sp³-hybridized carbons (Fsp3) is 0.588. The molecule has 1 rings (SSSR count). The minimum Gasteiger partial charge on any atom is -0.508 e. The lowest BCUT2D eigenvalue weighted by molar-refractivity contribution is 0.475. The molecule has 0 radical (unpaired) electrons. The van der Waals surface area contributed by atoms with Gasteiger partial charge in [-0.3, -0.25) is 4.99 Å². The van der Waals surface area contributed by atoms with E-state index in [1.165, 1.54) is 24.2 Å². The predicted molar refractivity (Wildman–Crippen MR) is 113 cm³/mol. The van der Waals surface area contributed by atoms with Crippen molar-refractivity contribution in [3.05, 3.63) is 29.8 Å². The van der Waals surface area contributed by atoms with Crippen LogP contribution in [0, 0.1) is 0 Å². The summed E-state index contributed by atoms with van der Waals surface area (Å²) in [7, 11) is 0. The van der Waals surface area contributed by atoms with Crippen LogP contribution in [0.1, 0.15) is 31.7 Å². The van der Waals surface area contributed by atoms with Crippen molar-refractivity contribution >= 4 is 41.7 Å². The maximum absolute atomic E-state index is 9.26. The molecule has 0 bridgehead atoms. The molecule has 0 aliphatic rings. The van der Waals surface area contributed by atoms with E-state index < -0.39 is 0 Å². The van der Waals surface area contributed by atoms with Crippen molar-refractivity contribution in [2.75, 3.05) is 31.6 Å². The van der Waals surface area contributed by atoms with Gasteiger partial charge in [0.2, 0.25) is 0 Å². The highest BCUT2D eigenvalue weighted by atomic mass is 127. The predicted octanol–water partition coefficient (Wildman–Crippen LogP) is 3.64. The molecule has 0 atom stereocenters.